The van der Waals surface area contributed by atoms with Crippen LogP contribution < -0.4 is 5.56 Å². The van der Waals surface area contributed by atoms with Crippen LogP contribution in [0.25, 0.3) is 10.9 Å². The van der Waals surface area contributed by atoms with Gasteiger partial charge in [0.25, 0.3) is 5.56 Å². The number of rotatable bonds is 9. The highest BCUT2D eigenvalue weighted by atomic mass is 32.2. The van der Waals surface area contributed by atoms with Gasteiger partial charge in [-0.25, -0.2) is 4.98 Å². The second-order valence-electron chi connectivity index (χ2n) is 6.09. The molecule has 1 aromatic heterocycles. The van der Waals surface area contributed by atoms with Gasteiger partial charge in [0.15, 0.2) is 5.16 Å². The molecule has 1 heterocycles. The molecule has 0 spiro atoms. The average Bonchev–Trinajstić information content (AvgIpc) is 2.65. The number of nitriles is 1. The Labute approximate surface area is 153 Å². The van der Waals surface area contributed by atoms with E-state index in [1.807, 2.05) is 31.2 Å². The van der Waals surface area contributed by atoms with E-state index in [1.54, 1.807) is 4.57 Å². The van der Waals surface area contributed by atoms with Gasteiger partial charge < -0.3 is 4.90 Å². The SMILES string of the molecule is CCN(CC)CCCn1c(SC[C@@H](C)C#N)nc2ccccc2c1=O. The van der Waals surface area contributed by atoms with E-state index < -0.39 is 0 Å². The van der Waals surface area contributed by atoms with Crippen LogP contribution >= 0.6 is 11.8 Å². The van der Waals surface area contributed by atoms with E-state index in [-0.39, 0.29) is 11.5 Å². The van der Waals surface area contributed by atoms with Crippen molar-refractivity contribution < 1.29 is 0 Å². The molecule has 0 unspecified atom stereocenters. The summed E-state index contributed by atoms with van der Waals surface area (Å²) in [7, 11) is 0. The quantitative estimate of drug-likeness (QED) is 0.508. The van der Waals surface area contributed by atoms with Crippen molar-refractivity contribution in [2.75, 3.05) is 25.4 Å². The number of thioether (sulfide) groups is 1. The molecule has 2 rings (SSSR count). The fourth-order valence-corrected chi connectivity index (χ4v) is 3.65. The summed E-state index contributed by atoms with van der Waals surface area (Å²) < 4.78 is 1.78. The Morgan fingerprint density at radius 3 is 2.72 bits per heavy atom. The summed E-state index contributed by atoms with van der Waals surface area (Å²) >= 11 is 1.49. The van der Waals surface area contributed by atoms with Gasteiger partial charge in [0.1, 0.15) is 0 Å². The molecule has 6 heteroatoms. The maximum absolute atomic E-state index is 12.9. The summed E-state index contributed by atoms with van der Waals surface area (Å²) in [5.74, 6) is 0.564. The van der Waals surface area contributed by atoms with Crippen LogP contribution in [0.4, 0.5) is 0 Å². The maximum atomic E-state index is 12.9. The first kappa shape index (κ1) is 19.5. The molecule has 0 bridgehead atoms. The number of para-hydroxylation sites is 1. The summed E-state index contributed by atoms with van der Waals surface area (Å²) in [4.78, 5) is 19.9. The van der Waals surface area contributed by atoms with Crippen molar-refractivity contribution in [1.29, 1.82) is 5.26 Å². The Balaban J connectivity index is 2.28. The number of fused-ring (bicyclic) bond motifs is 1. The highest BCUT2D eigenvalue weighted by Gasteiger charge is 2.13. The summed E-state index contributed by atoms with van der Waals surface area (Å²) in [5.41, 5.74) is 0.733. The molecular weight excluding hydrogens is 332 g/mol. The van der Waals surface area contributed by atoms with Gasteiger partial charge in [-0.05, 0) is 45.1 Å². The Bertz CT molecular complexity index is 792. The van der Waals surface area contributed by atoms with Gasteiger partial charge in [0, 0.05) is 12.3 Å². The Morgan fingerprint density at radius 2 is 2.04 bits per heavy atom. The summed E-state index contributed by atoms with van der Waals surface area (Å²) in [6.45, 7) is 9.83. The standard InChI is InChI=1S/C19H26N4OS/c1-4-22(5-2)11-8-12-23-18(24)16-9-6-7-10-17(16)21-19(23)25-14-15(3)13-20/h6-7,9-10,15H,4-5,8,11-12,14H2,1-3H3/t15-/m0/s1. The van der Waals surface area contributed by atoms with Crippen molar-refractivity contribution in [1.82, 2.24) is 14.5 Å². The largest absolute Gasteiger partial charge is 0.304 e. The highest BCUT2D eigenvalue weighted by molar-refractivity contribution is 7.99. The van der Waals surface area contributed by atoms with E-state index in [2.05, 4.69) is 29.8 Å². The minimum absolute atomic E-state index is 0.0113. The number of benzene rings is 1. The molecule has 1 atom stereocenters. The average molecular weight is 359 g/mol. The van der Waals surface area contributed by atoms with Gasteiger partial charge >= 0.3 is 0 Å². The molecule has 0 aliphatic heterocycles. The lowest BCUT2D eigenvalue weighted by Crippen LogP contribution is -2.28. The van der Waals surface area contributed by atoms with E-state index in [0.29, 0.717) is 22.8 Å². The lowest BCUT2D eigenvalue weighted by atomic mass is 10.2. The van der Waals surface area contributed by atoms with Gasteiger partial charge in [0.05, 0.1) is 22.9 Å². The Kier molecular flexibility index (Phi) is 7.48. The van der Waals surface area contributed by atoms with Crippen molar-refractivity contribution in [2.45, 2.75) is 38.9 Å². The normalized spacial score (nSPS) is 12.4. The van der Waals surface area contributed by atoms with E-state index in [0.717, 1.165) is 31.6 Å². The van der Waals surface area contributed by atoms with Crippen molar-refractivity contribution >= 4 is 22.7 Å². The molecule has 1 aromatic carbocycles. The van der Waals surface area contributed by atoms with Crippen LogP contribution in [0.15, 0.2) is 34.2 Å². The molecule has 134 valence electrons. The fraction of sp³-hybridized carbons (Fsp3) is 0.526. The monoisotopic (exact) mass is 358 g/mol. The zero-order chi connectivity index (χ0) is 18.2. The van der Waals surface area contributed by atoms with E-state index in [9.17, 15) is 4.79 Å². The third-order valence-electron chi connectivity index (χ3n) is 4.26. The van der Waals surface area contributed by atoms with Crippen LogP contribution in [0.3, 0.4) is 0 Å². The van der Waals surface area contributed by atoms with Crippen LogP contribution in [0, 0.1) is 17.2 Å². The zero-order valence-corrected chi connectivity index (χ0v) is 16.1. The third kappa shape index (κ3) is 5.07. The lowest BCUT2D eigenvalue weighted by Gasteiger charge is -2.19. The van der Waals surface area contributed by atoms with E-state index in [1.165, 1.54) is 11.8 Å². The van der Waals surface area contributed by atoms with Crippen LogP contribution in [-0.2, 0) is 6.54 Å². The zero-order valence-electron chi connectivity index (χ0n) is 15.2. The highest BCUT2D eigenvalue weighted by Crippen LogP contribution is 2.20. The molecular formula is C19H26N4OS. The first-order valence-electron chi connectivity index (χ1n) is 8.85. The smallest absolute Gasteiger partial charge is 0.262 e. The maximum Gasteiger partial charge on any atom is 0.262 e. The molecule has 0 amide bonds. The molecule has 2 aromatic rings. The molecule has 0 saturated heterocycles. The second kappa shape index (κ2) is 9.59. The number of hydrogen-bond acceptors (Lipinski definition) is 5. The van der Waals surface area contributed by atoms with Crippen molar-refractivity contribution in [2.24, 2.45) is 5.92 Å². The Morgan fingerprint density at radius 1 is 1.32 bits per heavy atom. The number of hydrogen-bond donors (Lipinski definition) is 0. The van der Waals surface area contributed by atoms with Gasteiger partial charge in [-0.2, -0.15) is 5.26 Å². The molecule has 0 saturated carbocycles. The van der Waals surface area contributed by atoms with Crippen molar-refractivity contribution in [3.05, 3.63) is 34.6 Å². The predicted octanol–water partition coefficient (Wildman–Crippen LogP) is 3.38. The molecule has 0 radical (unpaired) electrons. The van der Waals surface area contributed by atoms with Gasteiger partial charge in [0.2, 0.25) is 0 Å². The van der Waals surface area contributed by atoms with Gasteiger partial charge in [-0.1, -0.05) is 37.7 Å². The van der Waals surface area contributed by atoms with Crippen molar-refractivity contribution in [3.63, 3.8) is 0 Å². The second-order valence-corrected chi connectivity index (χ2v) is 7.08. The molecule has 25 heavy (non-hydrogen) atoms. The van der Waals surface area contributed by atoms with Gasteiger partial charge in [-0.15, -0.1) is 0 Å². The predicted molar refractivity (Wildman–Crippen MR) is 104 cm³/mol. The van der Waals surface area contributed by atoms with Crippen molar-refractivity contribution in [3.8, 4) is 6.07 Å². The minimum atomic E-state index is -0.0718. The van der Waals surface area contributed by atoms with Crippen LogP contribution in [0.1, 0.15) is 27.2 Å². The van der Waals surface area contributed by atoms with Crippen LogP contribution in [0.5, 0.6) is 0 Å². The lowest BCUT2D eigenvalue weighted by molar-refractivity contribution is 0.290. The summed E-state index contributed by atoms with van der Waals surface area (Å²) in [5, 5.41) is 10.4. The molecule has 0 aliphatic rings. The molecule has 5 nitrogen and oxygen atoms in total. The topological polar surface area (TPSA) is 61.9 Å². The summed E-state index contributed by atoms with van der Waals surface area (Å²) in [6, 6.07) is 9.70. The van der Waals surface area contributed by atoms with E-state index >= 15 is 0 Å². The molecule has 0 fully saturated rings. The first-order valence-corrected chi connectivity index (χ1v) is 9.83. The summed E-state index contributed by atoms with van der Waals surface area (Å²) in [6.07, 6.45) is 0.906. The fourth-order valence-electron chi connectivity index (χ4n) is 2.68. The minimum Gasteiger partial charge on any atom is -0.304 e. The molecule has 0 aliphatic carbocycles. The first-order chi connectivity index (χ1) is 12.1. The molecule has 0 N–H and O–H groups in total. The van der Waals surface area contributed by atoms with Gasteiger partial charge in [-0.3, -0.25) is 9.36 Å². The number of nitrogens with zero attached hydrogens (tertiary/aromatic N) is 4. The van der Waals surface area contributed by atoms with Crippen LogP contribution in [-0.4, -0.2) is 39.8 Å². The number of aromatic nitrogens is 2. The Hall–Kier alpha value is -1.84. The third-order valence-corrected chi connectivity index (χ3v) is 5.50. The van der Waals surface area contributed by atoms with E-state index in [4.69, 9.17) is 5.26 Å². The van der Waals surface area contributed by atoms with Crippen LogP contribution in [0.2, 0.25) is 0 Å².